The predicted molar refractivity (Wildman–Crippen MR) is 107 cm³/mol. The lowest BCUT2D eigenvalue weighted by atomic mass is 10.1. The number of aryl methyl sites for hydroxylation is 1. The van der Waals surface area contributed by atoms with Gasteiger partial charge in [-0.15, -0.1) is 0 Å². The third-order valence-corrected chi connectivity index (χ3v) is 4.94. The lowest BCUT2D eigenvalue weighted by molar-refractivity contribution is -0.117. The fourth-order valence-corrected chi connectivity index (χ4v) is 3.49. The number of nitrogens with zero attached hydrogens (tertiary/aromatic N) is 1. The maximum atomic E-state index is 12.3. The fourth-order valence-electron chi connectivity index (χ4n) is 3.49. The van der Waals surface area contributed by atoms with E-state index in [-0.39, 0.29) is 17.9 Å². The van der Waals surface area contributed by atoms with Crippen molar-refractivity contribution in [1.29, 1.82) is 0 Å². The van der Waals surface area contributed by atoms with E-state index in [0.29, 0.717) is 19.6 Å². The Morgan fingerprint density at radius 3 is 2.37 bits per heavy atom. The molecule has 3 rings (SSSR count). The van der Waals surface area contributed by atoms with Crippen LogP contribution in [0.5, 0.6) is 0 Å². The summed E-state index contributed by atoms with van der Waals surface area (Å²) < 4.78 is 5.40. The van der Waals surface area contributed by atoms with Crippen LogP contribution in [0.25, 0.3) is 0 Å². The van der Waals surface area contributed by atoms with E-state index >= 15 is 0 Å². The largest absolute Gasteiger partial charge is 0.381 e. The Balaban J connectivity index is 1.66. The van der Waals surface area contributed by atoms with Gasteiger partial charge in [0.1, 0.15) is 0 Å². The van der Waals surface area contributed by atoms with Gasteiger partial charge in [-0.1, -0.05) is 24.3 Å². The fraction of sp³-hybridized carbons (Fsp3) is 0.364. The van der Waals surface area contributed by atoms with Gasteiger partial charge >= 0.3 is 0 Å². The van der Waals surface area contributed by atoms with Gasteiger partial charge in [0.2, 0.25) is 11.8 Å². The van der Waals surface area contributed by atoms with Crippen LogP contribution in [0.2, 0.25) is 0 Å². The Labute approximate surface area is 160 Å². The van der Waals surface area contributed by atoms with Crippen LogP contribution in [0.3, 0.4) is 0 Å². The quantitative estimate of drug-likeness (QED) is 0.878. The molecule has 0 unspecified atom stereocenters. The van der Waals surface area contributed by atoms with Crippen molar-refractivity contribution in [2.24, 2.45) is 0 Å². The molecule has 0 aromatic heterocycles. The van der Waals surface area contributed by atoms with Crippen molar-refractivity contribution >= 4 is 23.2 Å². The second-order valence-corrected chi connectivity index (χ2v) is 6.93. The second kappa shape index (κ2) is 8.82. The Kier molecular flexibility index (Phi) is 6.24. The smallest absolute Gasteiger partial charge is 0.228 e. The van der Waals surface area contributed by atoms with E-state index in [1.54, 1.807) is 6.92 Å². The Hall–Kier alpha value is -2.66. The molecule has 1 fully saturated rings. The van der Waals surface area contributed by atoms with E-state index in [0.717, 1.165) is 35.3 Å². The first-order chi connectivity index (χ1) is 13.0. The number of rotatable bonds is 5. The van der Waals surface area contributed by atoms with Gasteiger partial charge in [0.15, 0.2) is 0 Å². The van der Waals surface area contributed by atoms with E-state index in [2.05, 4.69) is 5.32 Å². The van der Waals surface area contributed by atoms with Crippen molar-refractivity contribution in [2.75, 3.05) is 23.4 Å². The van der Waals surface area contributed by atoms with Gasteiger partial charge in [-0.05, 0) is 55.2 Å². The molecule has 5 nitrogen and oxygen atoms in total. The normalized spacial score (nSPS) is 14.6. The highest BCUT2D eigenvalue weighted by Crippen LogP contribution is 2.25. The van der Waals surface area contributed by atoms with E-state index < -0.39 is 0 Å². The molecular formula is C22H26N2O3. The monoisotopic (exact) mass is 366 g/mol. The Morgan fingerprint density at radius 1 is 1.07 bits per heavy atom. The second-order valence-electron chi connectivity index (χ2n) is 6.93. The van der Waals surface area contributed by atoms with E-state index in [1.165, 1.54) is 0 Å². The molecule has 0 bridgehead atoms. The lowest BCUT2D eigenvalue weighted by Gasteiger charge is -2.33. The standard InChI is InChI=1S/C22H26N2O3/c1-16-5-3-4-6-18(16)15-22(26)23-19-7-9-20(10-8-19)24(17(2)25)21-11-13-27-14-12-21/h3-10,21H,11-15H2,1-2H3,(H,23,26). The van der Waals surface area contributed by atoms with Crippen LogP contribution in [0.15, 0.2) is 48.5 Å². The van der Waals surface area contributed by atoms with Crippen molar-refractivity contribution < 1.29 is 14.3 Å². The zero-order chi connectivity index (χ0) is 19.2. The molecule has 0 spiro atoms. The van der Waals surface area contributed by atoms with Crippen LogP contribution in [0.1, 0.15) is 30.9 Å². The van der Waals surface area contributed by atoms with Gasteiger partial charge < -0.3 is 15.0 Å². The zero-order valence-corrected chi connectivity index (χ0v) is 15.9. The van der Waals surface area contributed by atoms with Gasteiger partial charge in [0, 0.05) is 37.6 Å². The molecule has 1 aliphatic heterocycles. The molecule has 142 valence electrons. The summed E-state index contributed by atoms with van der Waals surface area (Å²) in [5, 5.41) is 2.93. The molecule has 27 heavy (non-hydrogen) atoms. The number of anilines is 2. The van der Waals surface area contributed by atoms with Crippen molar-refractivity contribution in [3.63, 3.8) is 0 Å². The first-order valence-electron chi connectivity index (χ1n) is 9.36. The number of carbonyl (C=O) groups is 2. The number of nitrogens with one attached hydrogen (secondary N) is 1. The minimum atomic E-state index is -0.0510. The summed E-state index contributed by atoms with van der Waals surface area (Å²) in [5.41, 5.74) is 3.71. The Morgan fingerprint density at radius 2 is 1.74 bits per heavy atom. The molecule has 1 saturated heterocycles. The topological polar surface area (TPSA) is 58.6 Å². The van der Waals surface area contributed by atoms with Crippen molar-refractivity contribution in [1.82, 2.24) is 0 Å². The van der Waals surface area contributed by atoms with Crippen LogP contribution in [-0.4, -0.2) is 31.1 Å². The molecule has 5 heteroatoms. The van der Waals surface area contributed by atoms with Crippen LogP contribution in [-0.2, 0) is 20.7 Å². The molecule has 2 amide bonds. The lowest BCUT2D eigenvalue weighted by Crippen LogP contribution is -2.42. The number of carbonyl (C=O) groups excluding carboxylic acids is 2. The first-order valence-corrected chi connectivity index (χ1v) is 9.36. The van der Waals surface area contributed by atoms with Gasteiger partial charge in [-0.2, -0.15) is 0 Å². The zero-order valence-electron chi connectivity index (χ0n) is 15.9. The molecule has 0 aliphatic carbocycles. The molecule has 0 atom stereocenters. The van der Waals surface area contributed by atoms with Crippen molar-refractivity contribution in [3.8, 4) is 0 Å². The average Bonchev–Trinajstić information content (AvgIpc) is 2.66. The van der Waals surface area contributed by atoms with Crippen LogP contribution < -0.4 is 10.2 Å². The van der Waals surface area contributed by atoms with Gasteiger partial charge in [0.05, 0.1) is 6.42 Å². The molecule has 0 saturated carbocycles. The average molecular weight is 366 g/mol. The van der Waals surface area contributed by atoms with E-state index in [4.69, 9.17) is 4.74 Å². The molecule has 2 aromatic carbocycles. The Bertz CT molecular complexity index is 795. The predicted octanol–water partition coefficient (Wildman–Crippen LogP) is 3.71. The summed E-state index contributed by atoms with van der Waals surface area (Å²) >= 11 is 0. The summed E-state index contributed by atoms with van der Waals surface area (Å²) in [6.45, 7) is 4.96. The number of hydrogen-bond donors (Lipinski definition) is 1. The SMILES string of the molecule is CC(=O)N(c1ccc(NC(=O)Cc2ccccc2C)cc1)C1CCOCC1. The maximum absolute atomic E-state index is 12.3. The number of benzene rings is 2. The summed E-state index contributed by atoms with van der Waals surface area (Å²) in [5.74, 6) is -0.0249. The van der Waals surface area contributed by atoms with Crippen LogP contribution in [0.4, 0.5) is 11.4 Å². The third kappa shape index (κ3) is 4.95. The van der Waals surface area contributed by atoms with Gasteiger partial charge in [0.25, 0.3) is 0 Å². The van der Waals surface area contributed by atoms with Crippen LogP contribution >= 0.6 is 0 Å². The van der Waals surface area contributed by atoms with Gasteiger partial charge in [-0.3, -0.25) is 9.59 Å². The molecular weight excluding hydrogens is 340 g/mol. The first kappa shape index (κ1) is 19.1. The minimum Gasteiger partial charge on any atom is -0.381 e. The summed E-state index contributed by atoms with van der Waals surface area (Å²) in [6, 6.07) is 15.5. The van der Waals surface area contributed by atoms with Gasteiger partial charge in [-0.25, -0.2) is 0 Å². The summed E-state index contributed by atoms with van der Waals surface area (Å²) in [4.78, 5) is 26.3. The number of ether oxygens (including phenoxy) is 1. The molecule has 1 aliphatic rings. The highest BCUT2D eigenvalue weighted by atomic mass is 16.5. The highest BCUT2D eigenvalue weighted by molar-refractivity contribution is 5.94. The van der Waals surface area contributed by atoms with E-state index in [9.17, 15) is 9.59 Å². The molecule has 1 heterocycles. The van der Waals surface area contributed by atoms with E-state index in [1.807, 2.05) is 60.4 Å². The van der Waals surface area contributed by atoms with Crippen molar-refractivity contribution in [2.45, 2.75) is 39.2 Å². The highest BCUT2D eigenvalue weighted by Gasteiger charge is 2.24. The summed E-state index contributed by atoms with van der Waals surface area (Å²) in [6.07, 6.45) is 2.03. The van der Waals surface area contributed by atoms with Crippen LogP contribution in [0, 0.1) is 6.92 Å². The maximum Gasteiger partial charge on any atom is 0.228 e. The third-order valence-electron chi connectivity index (χ3n) is 4.94. The molecule has 1 N–H and O–H groups in total. The number of amides is 2. The summed E-state index contributed by atoms with van der Waals surface area (Å²) in [7, 11) is 0. The van der Waals surface area contributed by atoms with Crippen molar-refractivity contribution in [3.05, 3.63) is 59.7 Å². The molecule has 2 aromatic rings. The minimum absolute atomic E-state index is 0.0261. The number of hydrogen-bond acceptors (Lipinski definition) is 3. The molecule has 0 radical (unpaired) electrons.